The largest absolute Gasteiger partial charge is 0.378 e. The van der Waals surface area contributed by atoms with Crippen LogP contribution in [-0.2, 0) is 28.4 Å². The van der Waals surface area contributed by atoms with Gasteiger partial charge >= 0.3 is 0 Å². The van der Waals surface area contributed by atoms with Crippen molar-refractivity contribution in [3.05, 3.63) is 229 Å². The number of hydrogen-bond acceptors (Lipinski definition) is 9. The van der Waals surface area contributed by atoms with Gasteiger partial charge in [-0.05, 0) is 304 Å². The lowest BCUT2D eigenvalue weighted by molar-refractivity contribution is -0.187. The zero-order chi connectivity index (χ0) is 84.3. The molecule has 15 rings (SSSR count). The standard InChI is InChI=1S/C10H18.2C8H8F2.2C8H9F.C8H16.C8H10.C7H9N.2C7H14O.C6H8N2.2C6H12O2.13CH4.H2/c1-9-3-6-10(2,7-4-9)8-5-9;1-5-3-7(9)6(2)8(10)4-5;1-5-3-4-6(2)8(10)7(5)9;2*1-6-3-4-7(2)8(9)5-6;2*1-7-3-5-8(2)6-4-7;3*1-6-3-4-7(2)8-5-6;3*1-5-3-7-6(2)8-4-5;;;;;;;;;;;;;;/h3-8H2,1-2H3;2*3-4H,1-2H3;2*3-5H,1-2H3;7-8H,3-6H2,1-2H3;3-6H,1-2H3;3-5H,1-2H3;2*6-7H,3-5H2,1-2H3;3-4H,1-2H3;2*5-6H,3-4H2,1-2H3;13*1H4;1H. The van der Waals surface area contributed by atoms with Crippen molar-refractivity contribution in [3.8, 4) is 0 Å². The molecule has 5 aromatic carbocycles. The lowest BCUT2D eigenvalue weighted by Crippen LogP contribution is -2.37. The molecule has 4 saturated carbocycles. The normalized spacial score (nSPS) is 21.8. The van der Waals surface area contributed by atoms with Gasteiger partial charge in [-0.15, -0.1) is 0 Å². The van der Waals surface area contributed by atoms with E-state index in [1.54, 1.807) is 45.0 Å². The van der Waals surface area contributed by atoms with Gasteiger partial charge in [0.25, 0.3) is 0 Å². The van der Waals surface area contributed by atoms with Crippen LogP contribution in [0.1, 0.15) is 349 Å². The molecule has 0 amide bonds. The van der Waals surface area contributed by atoms with Gasteiger partial charge < -0.3 is 28.4 Å². The van der Waals surface area contributed by atoms with Crippen LogP contribution in [0.4, 0.5) is 26.3 Å². The number of rotatable bonds is 0. The molecule has 125 heavy (non-hydrogen) atoms. The third-order valence-corrected chi connectivity index (χ3v) is 21.0. The second-order valence-electron chi connectivity index (χ2n) is 33.9. The minimum absolute atomic E-state index is 0. The van der Waals surface area contributed by atoms with E-state index >= 15 is 0 Å². The van der Waals surface area contributed by atoms with Gasteiger partial charge in [0.2, 0.25) is 0 Å². The predicted octanol–water partition coefficient (Wildman–Crippen LogP) is 35.5. The molecule has 7 aromatic rings. The van der Waals surface area contributed by atoms with E-state index in [9.17, 15) is 26.3 Å². The second kappa shape index (κ2) is 77.6. The number of fused-ring (bicyclic) bond motifs is 3. The Morgan fingerprint density at radius 1 is 0.272 bits per heavy atom. The first-order valence-electron chi connectivity index (χ1n) is 41.2. The molecule has 0 N–H and O–H groups in total. The first-order chi connectivity index (χ1) is 52.6. The molecule has 4 unspecified atom stereocenters. The van der Waals surface area contributed by atoms with Crippen LogP contribution in [0.15, 0.2) is 116 Å². The first-order valence-corrected chi connectivity index (χ1v) is 41.2. The number of aromatic nitrogens is 3. The summed E-state index contributed by atoms with van der Waals surface area (Å²) in [5.41, 5.74) is 12.3. The third kappa shape index (κ3) is 66.7. The Morgan fingerprint density at radius 3 is 0.760 bits per heavy atom. The molecular weight excluding hydrogens is 1570 g/mol. The summed E-state index contributed by atoms with van der Waals surface area (Å²) in [7, 11) is 0. The SMILES string of the molecule is C.C.C.C.C.C.C.C.C.C.C.C.C.CC12CCC(C)(CC1)CC2.CC1CCC(C)CC1.CC1CCC(C)OC1.CC1CCC(C)OC1.CC1COC(C)OC1.CC1COC(C)OC1.Cc1cc(F)c(C)c(F)c1.Cc1ccc(C)c(F)c1.Cc1ccc(C)c(F)c1.Cc1ccc(C)c(F)c1F.Cc1ccc(C)cc1.Cc1ccc(C)nc1.Cc1cnc(C)nc1.[HH]. The highest BCUT2D eigenvalue weighted by Crippen LogP contribution is 2.56. The van der Waals surface area contributed by atoms with Gasteiger partial charge in [0, 0.05) is 56.3 Å². The molecule has 8 fully saturated rings. The van der Waals surface area contributed by atoms with Crippen molar-refractivity contribution in [2.75, 3.05) is 39.6 Å². The van der Waals surface area contributed by atoms with Crippen LogP contribution in [0.2, 0.25) is 0 Å². The van der Waals surface area contributed by atoms with Gasteiger partial charge in [0.1, 0.15) is 29.1 Å². The average Bonchev–Trinajstić information content (AvgIpc) is 0.783. The Hall–Kier alpha value is -6.33. The van der Waals surface area contributed by atoms with Gasteiger partial charge in [0.15, 0.2) is 24.2 Å². The Kier molecular flexibility index (Phi) is 89.6. The predicted molar refractivity (Wildman–Crippen MR) is 544 cm³/mol. The lowest BCUT2D eigenvalue weighted by atomic mass is 9.55. The van der Waals surface area contributed by atoms with Gasteiger partial charge in [-0.25, -0.2) is 36.3 Å². The first kappa shape index (κ1) is 144. The van der Waals surface area contributed by atoms with E-state index in [4.69, 9.17) is 28.4 Å². The number of halogens is 6. The Balaban J connectivity index is -0.0000000990. The summed E-state index contributed by atoms with van der Waals surface area (Å²) in [6.45, 7) is 57.4. The summed E-state index contributed by atoms with van der Waals surface area (Å²) < 4.78 is 107. The van der Waals surface area contributed by atoms with E-state index in [0.717, 1.165) is 102 Å². The molecule has 6 heterocycles. The van der Waals surface area contributed by atoms with E-state index in [-0.39, 0.29) is 128 Å². The van der Waals surface area contributed by atoms with Crippen molar-refractivity contribution < 1.29 is 56.2 Å². The zero-order valence-corrected chi connectivity index (χ0v) is 73.9. The molecular formula is C110H201F6N3O6. The van der Waals surface area contributed by atoms with E-state index in [2.05, 4.69) is 128 Å². The maximum absolute atomic E-state index is 12.6. The number of hydrogen-bond donors (Lipinski definition) is 0. The van der Waals surface area contributed by atoms with Crippen molar-refractivity contribution in [1.29, 1.82) is 0 Å². The van der Waals surface area contributed by atoms with Crippen LogP contribution >= 0.6 is 0 Å². The number of pyridine rings is 1. The monoisotopic (exact) mass is 1770 g/mol. The maximum Gasteiger partial charge on any atom is 0.161 e. The van der Waals surface area contributed by atoms with Gasteiger partial charge in [0.05, 0.1) is 38.6 Å². The third-order valence-electron chi connectivity index (χ3n) is 21.0. The van der Waals surface area contributed by atoms with Crippen LogP contribution < -0.4 is 0 Å². The number of aryl methyl sites for hydroxylation is 13. The molecule has 4 aliphatic heterocycles. The van der Waals surface area contributed by atoms with E-state index in [1.807, 2.05) is 92.2 Å². The Bertz CT molecular complexity index is 3170. The number of ether oxygens (including phenoxy) is 6. The molecule has 8 aliphatic rings. The van der Waals surface area contributed by atoms with Crippen LogP contribution in [0, 0.1) is 178 Å². The molecule has 4 atom stereocenters. The molecule has 2 aromatic heterocycles. The highest BCUT2D eigenvalue weighted by molar-refractivity contribution is 5.26. The highest BCUT2D eigenvalue weighted by atomic mass is 19.2. The number of nitrogens with zero attached hydrogens (tertiary/aromatic N) is 3. The summed E-state index contributed by atoms with van der Waals surface area (Å²) in [6, 6.07) is 28.8. The molecule has 4 saturated heterocycles. The van der Waals surface area contributed by atoms with Crippen molar-refractivity contribution >= 4 is 0 Å². The van der Waals surface area contributed by atoms with Crippen molar-refractivity contribution in [3.63, 3.8) is 0 Å². The van der Waals surface area contributed by atoms with Gasteiger partial charge in [-0.1, -0.05) is 255 Å². The summed E-state index contributed by atoms with van der Waals surface area (Å²) in [5, 5.41) is 0. The Labute approximate surface area is 773 Å². The molecule has 2 bridgehead atoms. The zero-order valence-electron chi connectivity index (χ0n) is 73.9. The molecule has 0 radical (unpaired) electrons. The minimum atomic E-state index is -0.736. The minimum Gasteiger partial charge on any atom is -0.378 e. The van der Waals surface area contributed by atoms with Crippen LogP contribution in [-0.4, -0.2) is 79.4 Å². The van der Waals surface area contributed by atoms with Crippen LogP contribution in [0.3, 0.4) is 0 Å². The summed E-state index contributed by atoms with van der Waals surface area (Å²) in [4.78, 5) is 12.0. The summed E-state index contributed by atoms with van der Waals surface area (Å²) >= 11 is 0. The summed E-state index contributed by atoms with van der Waals surface area (Å²) in [6.07, 6.45) is 26.7. The fourth-order valence-electron chi connectivity index (χ4n) is 12.0. The fourth-order valence-corrected chi connectivity index (χ4v) is 12.0. The van der Waals surface area contributed by atoms with Crippen LogP contribution in [0.5, 0.6) is 0 Å². The quantitative estimate of drug-likeness (QED) is 0.138. The van der Waals surface area contributed by atoms with Gasteiger partial charge in [-0.3, -0.25) is 4.98 Å². The molecule has 15 heteroatoms. The smallest absolute Gasteiger partial charge is 0.161 e. The molecule has 0 spiro atoms. The highest BCUT2D eigenvalue weighted by Gasteiger charge is 2.43. The van der Waals surface area contributed by atoms with E-state index < -0.39 is 23.3 Å². The fraction of sp³-hybridized carbons (Fsp3) is 0.645. The van der Waals surface area contributed by atoms with Crippen molar-refractivity contribution in [2.45, 2.75) is 391 Å². The molecule has 4 aliphatic carbocycles. The Morgan fingerprint density at radius 2 is 0.528 bits per heavy atom. The second-order valence-corrected chi connectivity index (χ2v) is 33.9. The van der Waals surface area contributed by atoms with Crippen molar-refractivity contribution in [2.24, 2.45) is 46.3 Å². The van der Waals surface area contributed by atoms with E-state index in [1.165, 1.54) is 152 Å². The average molecular weight is 1780 g/mol. The molecule has 9 nitrogen and oxygen atoms in total. The topological polar surface area (TPSA) is 94.1 Å². The van der Waals surface area contributed by atoms with Crippen molar-refractivity contribution in [1.82, 2.24) is 15.0 Å². The van der Waals surface area contributed by atoms with Crippen LogP contribution in [0.25, 0.3) is 0 Å². The summed E-state index contributed by atoms with van der Waals surface area (Å²) in [5.74, 6) is 2.96. The molecule has 734 valence electrons. The lowest BCUT2D eigenvalue weighted by Gasteiger charge is -2.50. The van der Waals surface area contributed by atoms with E-state index in [0.29, 0.717) is 51.9 Å². The maximum atomic E-state index is 12.6. The van der Waals surface area contributed by atoms with Gasteiger partial charge in [-0.2, -0.15) is 0 Å². The number of benzene rings is 5.